The van der Waals surface area contributed by atoms with Gasteiger partial charge in [-0.05, 0) is 13.3 Å². The molecular formula is C11H22N2O3. The minimum Gasteiger partial charge on any atom is -0.379 e. The summed E-state index contributed by atoms with van der Waals surface area (Å²) in [5.74, 6) is 5.23. The van der Waals surface area contributed by atoms with Crippen LogP contribution in [0.3, 0.4) is 0 Å². The third-order valence-corrected chi connectivity index (χ3v) is 1.82. The van der Waals surface area contributed by atoms with Gasteiger partial charge in [-0.15, -0.1) is 0 Å². The van der Waals surface area contributed by atoms with E-state index in [1.165, 1.54) is 0 Å². The molecule has 0 heterocycles. The number of rotatable bonds is 9. The smallest absolute Gasteiger partial charge is 0.262 e. The standard InChI is InChI=1S/C11H22N2O3/c1-4-6-15-8-9-16-7-5-13(12)11(14)10(2)3/h2,4-9,12H2,1,3H3. The predicted molar refractivity (Wildman–Crippen MR) is 62.6 cm³/mol. The van der Waals surface area contributed by atoms with Gasteiger partial charge in [-0.3, -0.25) is 9.80 Å². The van der Waals surface area contributed by atoms with E-state index in [2.05, 4.69) is 13.5 Å². The number of nitrogens with two attached hydrogens (primary N) is 1. The Morgan fingerprint density at radius 2 is 1.81 bits per heavy atom. The second-order valence-corrected chi connectivity index (χ2v) is 3.50. The SMILES string of the molecule is C=C(C)C(=O)N(N)CCOCCOCCC. The van der Waals surface area contributed by atoms with E-state index in [4.69, 9.17) is 15.3 Å². The van der Waals surface area contributed by atoms with Crippen molar-refractivity contribution in [2.24, 2.45) is 5.84 Å². The number of hydrogen-bond acceptors (Lipinski definition) is 4. The lowest BCUT2D eigenvalue weighted by Crippen LogP contribution is -2.40. The molecule has 0 aliphatic rings. The van der Waals surface area contributed by atoms with Crippen molar-refractivity contribution in [2.45, 2.75) is 20.3 Å². The van der Waals surface area contributed by atoms with E-state index in [9.17, 15) is 4.79 Å². The minimum absolute atomic E-state index is 0.258. The molecule has 0 radical (unpaired) electrons. The summed E-state index contributed by atoms with van der Waals surface area (Å²) in [4.78, 5) is 11.3. The van der Waals surface area contributed by atoms with E-state index >= 15 is 0 Å². The zero-order chi connectivity index (χ0) is 12.4. The highest BCUT2D eigenvalue weighted by molar-refractivity contribution is 5.91. The van der Waals surface area contributed by atoms with Crippen molar-refractivity contribution < 1.29 is 14.3 Å². The van der Waals surface area contributed by atoms with Crippen LogP contribution in [0.2, 0.25) is 0 Å². The fraction of sp³-hybridized carbons (Fsp3) is 0.727. The first-order valence-corrected chi connectivity index (χ1v) is 5.47. The fourth-order valence-electron chi connectivity index (χ4n) is 0.976. The molecule has 0 aromatic rings. The minimum atomic E-state index is -0.258. The molecule has 0 saturated heterocycles. The number of carbonyl (C=O) groups is 1. The van der Waals surface area contributed by atoms with Crippen LogP contribution in [0, 0.1) is 0 Å². The third kappa shape index (κ3) is 7.39. The maximum Gasteiger partial charge on any atom is 0.262 e. The van der Waals surface area contributed by atoms with Gasteiger partial charge in [0.2, 0.25) is 0 Å². The molecule has 2 N–H and O–H groups in total. The lowest BCUT2D eigenvalue weighted by atomic mass is 10.3. The van der Waals surface area contributed by atoms with Gasteiger partial charge >= 0.3 is 0 Å². The molecule has 5 nitrogen and oxygen atoms in total. The summed E-state index contributed by atoms with van der Waals surface area (Å²) < 4.78 is 10.5. The molecule has 0 fully saturated rings. The molecule has 0 aliphatic heterocycles. The Kier molecular flexibility index (Phi) is 8.80. The highest BCUT2D eigenvalue weighted by Crippen LogP contribution is 1.93. The molecule has 0 bridgehead atoms. The Hall–Kier alpha value is -0.910. The van der Waals surface area contributed by atoms with Gasteiger partial charge in [-0.25, -0.2) is 5.84 Å². The molecule has 0 atom stereocenters. The summed E-state index contributed by atoms with van der Waals surface area (Å²) in [6.07, 6.45) is 1.00. The Morgan fingerprint density at radius 1 is 1.25 bits per heavy atom. The lowest BCUT2D eigenvalue weighted by Gasteiger charge is -2.16. The number of ether oxygens (including phenoxy) is 2. The van der Waals surface area contributed by atoms with Gasteiger partial charge in [-0.1, -0.05) is 13.5 Å². The van der Waals surface area contributed by atoms with Crippen molar-refractivity contribution >= 4 is 5.91 Å². The molecule has 0 unspecified atom stereocenters. The molecular weight excluding hydrogens is 208 g/mol. The van der Waals surface area contributed by atoms with Crippen LogP contribution in [-0.2, 0) is 14.3 Å². The zero-order valence-electron chi connectivity index (χ0n) is 10.2. The fourth-order valence-corrected chi connectivity index (χ4v) is 0.976. The topological polar surface area (TPSA) is 64.8 Å². The third-order valence-electron chi connectivity index (χ3n) is 1.82. The van der Waals surface area contributed by atoms with Crippen LogP contribution >= 0.6 is 0 Å². The van der Waals surface area contributed by atoms with Crippen LogP contribution < -0.4 is 5.84 Å². The van der Waals surface area contributed by atoms with E-state index in [1.807, 2.05) is 0 Å². The van der Waals surface area contributed by atoms with Crippen molar-refractivity contribution in [3.05, 3.63) is 12.2 Å². The molecule has 0 rings (SSSR count). The van der Waals surface area contributed by atoms with Crippen LogP contribution in [0.25, 0.3) is 0 Å². The number of amides is 1. The monoisotopic (exact) mass is 230 g/mol. The molecule has 94 valence electrons. The van der Waals surface area contributed by atoms with Gasteiger partial charge < -0.3 is 9.47 Å². The molecule has 0 aromatic carbocycles. The van der Waals surface area contributed by atoms with E-state index < -0.39 is 0 Å². The quantitative estimate of drug-likeness (QED) is 0.208. The van der Waals surface area contributed by atoms with Crippen molar-refractivity contribution in [3.8, 4) is 0 Å². The summed E-state index contributed by atoms with van der Waals surface area (Å²) in [6, 6.07) is 0. The maximum absolute atomic E-state index is 11.3. The average molecular weight is 230 g/mol. The van der Waals surface area contributed by atoms with Gasteiger partial charge in [0.1, 0.15) is 0 Å². The van der Waals surface area contributed by atoms with Gasteiger partial charge in [0.25, 0.3) is 5.91 Å². The summed E-state index contributed by atoms with van der Waals surface area (Å²) in [5, 5.41) is 1.11. The van der Waals surface area contributed by atoms with Crippen molar-refractivity contribution in [3.63, 3.8) is 0 Å². The van der Waals surface area contributed by atoms with Gasteiger partial charge in [0.05, 0.1) is 26.4 Å². The highest BCUT2D eigenvalue weighted by atomic mass is 16.5. The summed E-state index contributed by atoms with van der Waals surface area (Å²) in [6.45, 7) is 9.82. The van der Waals surface area contributed by atoms with E-state index in [0.29, 0.717) is 31.9 Å². The number of carbonyl (C=O) groups excluding carboxylic acids is 1. The van der Waals surface area contributed by atoms with E-state index in [0.717, 1.165) is 18.0 Å². The predicted octanol–water partition coefficient (Wildman–Crippen LogP) is 0.708. The molecule has 16 heavy (non-hydrogen) atoms. The van der Waals surface area contributed by atoms with Gasteiger partial charge in [0.15, 0.2) is 0 Å². The summed E-state index contributed by atoms with van der Waals surface area (Å²) >= 11 is 0. The Morgan fingerprint density at radius 3 is 2.31 bits per heavy atom. The first kappa shape index (κ1) is 15.1. The molecule has 1 amide bonds. The van der Waals surface area contributed by atoms with Crippen LogP contribution in [0.15, 0.2) is 12.2 Å². The Bertz CT molecular complexity index is 219. The van der Waals surface area contributed by atoms with Gasteiger partial charge in [0, 0.05) is 12.2 Å². The van der Waals surface area contributed by atoms with Crippen molar-refractivity contribution in [2.75, 3.05) is 33.0 Å². The second-order valence-electron chi connectivity index (χ2n) is 3.50. The largest absolute Gasteiger partial charge is 0.379 e. The average Bonchev–Trinajstić information content (AvgIpc) is 2.26. The maximum atomic E-state index is 11.3. The van der Waals surface area contributed by atoms with E-state index in [1.54, 1.807) is 6.92 Å². The highest BCUT2D eigenvalue weighted by Gasteiger charge is 2.08. The first-order valence-electron chi connectivity index (χ1n) is 5.47. The number of nitrogens with zero attached hydrogens (tertiary/aromatic N) is 1. The zero-order valence-corrected chi connectivity index (χ0v) is 10.2. The Balaban J connectivity index is 3.38. The molecule has 5 heteroatoms. The van der Waals surface area contributed by atoms with Crippen LogP contribution in [0.1, 0.15) is 20.3 Å². The summed E-state index contributed by atoms with van der Waals surface area (Å²) in [5.41, 5.74) is 0.425. The van der Waals surface area contributed by atoms with Crippen molar-refractivity contribution in [1.29, 1.82) is 0 Å². The number of hydrogen-bond donors (Lipinski definition) is 1. The molecule has 0 spiro atoms. The second kappa shape index (κ2) is 9.33. The number of hydrazine groups is 1. The van der Waals surface area contributed by atoms with E-state index in [-0.39, 0.29) is 5.91 Å². The Labute approximate surface area is 97.2 Å². The summed E-state index contributed by atoms with van der Waals surface area (Å²) in [7, 11) is 0. The van der Waals surface area contributed by atoms with Crippen molar-refractivity contribution in [1.82, 2.24) is 5.01 Å². The molecule has 0 aliphatic carbocycles. The lowest BCUT2D eigenvalue weighted by molar-refractivity contribution is -0.128. The molecule has 0 aromatic heterocycles. The molecule has 0 saturated carbocycles. The van der Waals surface area contributed by atoms with Gasteiger partial charge in [-0.2, -0.15) is 0 Å². The van der Waals surface area contributed by atoms with Crippen LogP contribution in [0.4, 0.5) is 0 Å². The normalized spacial score (nSPS) is 10.2. The van der Waals surface area contributed by atoms with Crippen LogP contribution in [0.5, 0.6) is 0 Å². The van der Waals surface area contributed by atoms with Crippen LogP contribution in [-0.4, -0.2) is 43.9 Å². The first-order chi connectivity index (χ1) is 7.59.